The highest BCUT2D eigenvalue weighted by atomic mass is 16.3. The normalized spacial score (nSPS) is 10.5. The lowest BCUT2D eigenvalue weighted by molar-refractivity contribution is 0.292. The van der Waals surface area contributed by atoms with Gasteiger partial charge in [0.15, 0.2) is 0 Å². The average Bonchev–Trinajstić information content (AvgIpc) is 2.46. The van der Waals surface area contributed by atoms with Crippen LogP contribution in [0, 0.1) is 0 Å². The minimum absolute atomic E-state index is 0.195. The standard InChI is InChI=1S/C8H15N3O/c1-11-6-4-10-8(11)2-3-9-5-7-12/h4,6,9,12H,2-3,5,7H2,1H3. The van der Waals surface area contributed by atoms with E-state index in [-0.39, 0.29) is 6.61 Å². The molecule has 4 nitrogen and oxygen atoms in total. The zero-order valence-electron chi connectivity index (χ0n) is 7.32. The van der Waals surface area contributed by atoms with E-state index in [1.807, 2.05) is 17.8 Å². The number of hydrogen-bond acceptors (Lipinski definition) is 3. The van der Waals surface area contributed by atoms with Crippen molar-refractivity contribution in [2.24, 2.45) is 7.05 Å². The summed E-state index contributed by atoms with van der Waals surface area (Å²) in [5, 5.41) is 11.6. The Bertz CT molecular complexity index is 222. The molecule has 0 aromatic carbocycles. The van der Waals surface area contributed by atoms with Crippen LogP contribution in [-0.2, 0) is 13.5 Å². The number of hydrogen-bond donors (Lipinski definition) is 2. The second-order valence-electron chi connectivity index (χ2n) is 2.68. The Morgan fingerprint density at radius 1 is 1.58 bits per heavy atom. The van der Waals surface area contributed by atoms with Gasteiger partial charge in [0.2, 0.25) is 0 Å². The molecule has 0 fully saturated rings. The van der Waals surface area contributed by atoms with Gasteiger partial charge in [0.25, 0.3) is 0 Å². The van der Waals surface area contributed by atoms with Crippen LogP contribution in [0.2, 0.25) is 0 Å². The second kappa shape index (κ2) is 4.90. The van der Waals surface area contributed by atoms with E-state index in [0.29, 0.717) is 6.54 Å². The summed E-state index contributed by atoms with van der Waals surface area (Å²) in [5.74, 6) is 1.07. The first-order valence-corrected chi connectivity index (χ1v) is 4.12. The van der Waals surface area contributed by atoms with Crippen molar-refractivity contribution in [3.05, 3.63) is 18.2 Å². The SMILES string of the molecule is Cn1ccnc1CCNCCO. The minimum Gasteiger partial charge on any atom is -0.395 e. The van der Waals surface area contributed by atoms with E-state index in [0.717, 1.165) is 18.8 Å². The molecule has 68 valence electrons. The number of nitrogens with one attached hydrogen (secondary N) is 1. The molecule has 0 atom stereocenters. The molecule has 0 aliphatic carbocycles. The first kappa shape index (κ1) is 9.22. The summed E-state index contributed by atoms with van der Waals surface area (Å²) in [6.07, 6.45) is 4.63. The van der Waals surface area contributed by atoms with Crippen molar-refractivity contribution < 1.29 is 5.11 Å². The number of aliphatic hydroxyl groups excluding tert-OH is 1. The molecule has 12 heavy (non-hydrogen) atoms. The Hall–Kier alpha value is -0.870. The average molecular weight is 169 g/mol. The third-order valence-electron chi connectivity index (χ3n) is 1.73. The van der Waals surface area contributed by atoms with Crippen LogP contribution in [0.15, 0.2) is 12.4 Å². The first-order valence-electron chi connectivity index (χ1n) is 4.12. The van der Waals surface area contributed by atoms with Gasteiger partial charge in [0.1, 0.15) is 5.82 Å². The third-order valence-corrected chi connectivity index (χ3v) is 1.73. The number of aromatic nitrogens is 2. The third kappa shape index (κ3) is 2.64. The topological polar surface area (TPSA) is 50.1 Å². The molecule has 0 spiro atoms. The molecule has 0 aliphatic rings. The molecule has 2 N–H and O–H groups in total. The van der Waals surface area contributed by atoms with Crippen LogP contribution < -0.4 is 5.32 Å². The van der Waals surface area contributed by atoms with Gasteiger partial charge in [0, 0.05) is 39.0 Å². The Labute approximate surface area is 72.2 Å². The van der Waals surface area contributed by atoms with E-state index in [1.165, 1.54) is 0 Å². The Morgan fingerprint density at radius 3 is 3.00 bits per heavy atom. The number of nitrogens with zero attached hydrogens (tertiary/aromatic N) is 2. The van der Waals surface area contributed by atoms with E-state index in [4.69, 9.17) is 5.11 Å². The fourth-order valence-electron chi connectivity index (χ4n) is 1.04. The van der Waals surface area contributed by atoms with E-state index >= 15 is 0 Å². The van der Waals surface area contributed by atoms with Crippen molar-refractivity contribution in [1.29, 1.82) is 0 Å². The molecule has 0 unspecified atom stereocenters. The van der Waals surface area contributed by atoms with Gasteiger partial charge in [-0.15, -0.1) is 0 Å². The fraction of sp³-hybridized carbons (Fsp3) is 0.625. The van der Waals surface area contributed by atoms with Crippen LogP contribution in [0.1, 0.15) is 5.82 Å². The van der Waals surface area contributed by atoms with Gasteiger partial charge in [-0.2, -0.15) is 0 Å². The summed E-state index contributed by atoms with van der Waals surface area (Å²) in [6.45, 7) is 1.72. The first-order chi connectivity index (χ1) is 5.84. The summed E-state index contributed by atoms with van der Waals surface area (Å²) in [5.41, 5.74) is 0. The summed E-state index contributed by atoms with van der Waals surface area (Å²) in [6, 6.07) is 0. The van der Waals surface area contributed by atoms with Gasteiger partial charge in [0.05, 0.1) is 6.61 Å². The molecule has 0 radical (unpaired) electrons. The highest BCUT2D eigenvalue weighted by molar-refractivity contribution is 4.91. The number of aryl methyl sites for hydroxylation is 1. The monoisotopic (exact) mass is 169 g/mol. The number of rotatable bonds is 5. The van der Waals surface area contributed by atoms with Crippen molar-refractivity contribution in [3.63, 3.8) is 0 Å². The molecule has 0 bridgehead atoms. The van der Waals surface area contributed by atoms with E-state index in [9.17, 15) is 0 Å². The Morgan fingerprint density at radius 2 is 2.42 bits per heavy atom. The number of aliphatic hydroxyl groups is 1. The van der Waals surface area contributed by atoms with E-state index in [1.54, 1.807) is 6.20 Å². The van der Waals surface area contributed by atoms with Crippen molar-refractivity contribution in [2.75, 3.05) is 19.7 Å². The highest BCUT2D eigenvalue weighted by Crippen LogP contribution is 1.93. The molecule has 1 aromatic rings. The van der Waals surface area contributed by atoms with Crippen LogP contribution in [-0.4, -0.2) is 34.4 Å². The molecule has 4 heteroatoms. The molecule has 0 saturated carbocycles. The maximum absolute atomic E-state index is 8.49. The van der Waals surface area contributed by atoms with Gasteiger partial charge >= 0.3 is 0 Å². The van der Waals surface area contributed by atoms with Crippen molar-refractivity contribution >= 4 is 0 Å². The van der Waals surface area contributed by atoms with Gasteiger partial charge in [-0.05, 0) is 0 Å². The van der Waals surface area contributed by atoms with E-state index < -0.39 is 0 Å². The maximum Gasteiger partial charge on any atom is 0.109 e. The summed E-state index contributed by atoms with van der Waals surface area (Å²) < 4.78 is 2.00. The quantitative estimate of drug-likeness (QED) is 0.587. The Kier molecular flexibility index (Phi) is 3.76. The smallest absolute Gasteiger partial charge is 0.109 e. The largest absolute Gasteiger partial charge is 0.395 e. The molecular weight excluding hydrogens is 154 g/mol. The lowest BCUT2D eigenvalue weighted by atomic mass is 10.4. The molecule has 1 aromatic heterocycles. The molecular formula is C8H15N3O. The van der Waals surface area contributed by atoms with Crippen LogP contribution in [0.3, 0.4) is 0 Å². The van der Waals surface area contributed by atoms with Crippen LogP contribution in [0.25, 0.3) is 0 Å². The number of imidazole rings is 1. The molecule has 0 aliphatic heterocycles. The minimum atomic E-state index is 0.195. The Balaban J connectivity index is 2.20. The molecule has 1 heterocycles. The van der Waals surface area contributed by atoms with Crippen molar-refractivity contribution in [3.8, 4) is 0 Å². The van der Waals surface area contributed by atoms with Gasteiger partial charge in [-0.3, -0.25) is 0 Å². The van der Waals surface area contributed by atoms with Crippen molar-refractivity contribution in [2.45, 2.75) is 6.42 Å². The zero-order valence-corrected chi connectivity index (χ0v) is 7.32. The predicted octanol–water partition coefficient (Wildman–Crippen LogP) is -0.455. The summed E-state index contributed by atoms with van der Waals surface area (Å²) in [7, 11) is 1.98. The van der Waals surface area contributed by atoms with Gasteiger partial charge < -0.3 is 15.0 Å². The molecule has 1 rings (SSSR count). The zero-order chi connectivity index (χ0) is 8.81. The fourth-order valence-corrected chi connectivity index (χ4v) is 1.04. The van der Waals surface area contributed by atoms with Crippen LogP contribution >= 0.6 is 0 Å². The van der Waals surface area contributed by atoms with Crippen molar-refractivity contribution in [1.82, 2.24) is 14.9 Å². The van der Waals surface area contributed by atoms with Crippen LogP contribution in [0.5, 0.6) is 0 Å². The van der Waals surface area contributed by atoms with Gasteiger partial charge in [-0.1, -0.05) is 0 Å². The maximum atomic E-state index is 8.49. The lowest BCUT2D eigenvalue weighted by Crippen LogP contribution is -2.21. The molecule has 0 amide bonds. The summed E-state index contributed by atoms with van der Waals surface area (Å²) in [4.78, 5) is 4.17. The lowest BCUT2D eigenvalue weighted by Gasteiger charge is -2.02. The van der Waals surface area contributed by atoms with Gasteiger partial charge in [-0.25, -0.2) is 4.98 Å². The highest BCUT2D eigenvalue weighted by Gasteiger charge is 1.96. The van der Waals surface area contributed by atoms with Crippen LogP contribution in [0.4, 0.5) is 0 Å². The summed E-state index contributed by atoms with van der Waals surface area (Å²) >= 11 is 0. The molecule has 0 saturated heterocycles. The predicted molar refractivity (Wildman–Crippen MR) is 46.9 cm³/mol. The van der Waals surface area contributed by atoms with E-state index in [2.05, 4.69) is 10.3 Å². The second-order valence-corrected chi connectivity index (χ2v) is 2.68.